The fraction of sp³-hybridized carbons (Fsp3) is 0.310. The molecule has 0 atom stereocenters. The van der Waals surface area contributed by atoms with E-state index in [1.165, 1.54) is 0 Å². The van der Waals surface area contributed by atoms with Gasteiger partial charge in [0.05, 0.1) is 54.0 Å². The fourth-order valence-electron chi connectivity index (χ4n) is 7.29. The Bertz CT molecular complexity index is 2680. The minimum absolute atomic E-state index is 0.324. The van der Waals surface area contributed by atoms with Crippen LogP contribution in [0.5, 0.6) is 23.0 Å². The van der Waals surface area contributed by atoms with Gasteiger partial charge < -0.3 is 28.4 Å². The number of hydrogen-bond acceptors (Lipinski definition) is 14. The van der Waals surface area contributed by atoms with Gasteiger partial charge in [0.2, 0.25) is 5.13 Å². The molecule has 1 heterocycles. The number of hydrazone groups is 1. The summed E-state index contributed by atoms with van der Waals surface area (Å²) >= 11 is 1.57. The topological polar surface area (TPSA) is 152 Å². The molecule has 0 aliphatic carbocycles. The first-order valence-electron chi connectivity index (χ1n) is 24.6. The van der Waals surface area contributed by atoms with Crippen molar-refractivity contribution in [1.82, 2.24) is 4.98 Å². The van der Waals surface area contributed by atoms with Gasteiger partial charge in [-0.05, 0) is 154 Å². The summed E-state index contributed by atoms with van der Waals surface area (Å²) < 4.78 is 34.6. The number of ether oxygens (including phenoxy) is 6. The second kappa shape index (κ2) is 29.6. The molecule has 5 aromatic carbocycles. The fourth-order valence-corrected chi connectivity index (χ4v) is 8.24. The molecule has 0 unspecified atom stereocenters. The van der Waals surface area contributed by atoms with Gasteiger partial charge in [0.25, 0.3) is 0 Å². The highest BCUT2D eigenvalue weighted by atomic mass is 32.1. The molecule has 0 saturated heterocycles. The molecule has 376 valence electrons. The number of esters is 4. The van der Waals surface area contributed by atoms with Gasteiger partial charge in [0, 0.05) is 24.3 Å². The number of hydrogen-bond donors (Lipinski definition) is 0. The van der Waals surface area contributed by atoms with Crippen LogP contribution in [0.3, 0.4) is 0 Å². The summed E-state index contributed by atoms with van der Waals surface area (Å²) in [5.74, 6) is 0.139. The van der Waals surface area contributed by atoms with Crippen LogP contribution in [0.15, 0.2) is 146 Å². The summed E-state index contributed by atoms with van der Waals surface area (Å²) in [4.78, 5) is 54.0. The lowest BCUT2D eigenvalue weighted by Crippen LogP contribution is -2.18. The molecule has 0 radical (unpaired) electrons. The number of carbonyl (C=O) groups excluding carboxylic acids is 4. The second-order valence-corrected chi connectivity index (χ2v) is 17.8. The zero-order valence-corrected chi connectivity index (χ0v) is 41.8. The summed E-state index contributed by atoms with van der Waals surface area (Å²) in [5, 5.41) is 7.66. The van der Waals surface area contributed by atoms with E-state index < -0.39 is 23.9 Å². The van der Waals surface area contributed by atoms with Gasteiger partial charge in [0.15, 0.2) is 0 Å². The number of thiazole rings is 1. The van der Waals surface area contributed by atoms with Crippen molar-refractivity contribution in [3.63, 3.8) is 0 Å². The van der Waals surface area contributed by atoms with Gasteiger partial charge in [-0.2, -0.15) is 5.10 Å². The number of unbranched alkanes of at least 4 members (excludes halogenated alkanes) is 9. The van der Waals surface area contributed by atoms with E-state index in [-0.39, 0.29) is 0 Å². The van der Waals surface area contributed by atoms with E-state index in [0.29, 0.717) is 72.7 Å². The van der Waals surface area contributed by atoms with Crippen molar-refractivity contribution in [2.75, 3.05) is 38.0 Å². The van der Waals surface area contributed by atoms with Crippen molar-refractivity contribution in [2.24, 2.45) is 5.10 Å². The van der Waals surface area contributed by atoms with Crippen molar-refractivity contribution in [1.29, 1.82) is 0 Å². The molecule has 6 aromatic rings. The van der Waals surface area contributed by atoms with E-state index in [1.807, 2.05) is 53.5 Å². The monoisotopic (exact) mass is 993 g/mol. The molecule has 0 aliphatic heterocycles. The van der Waals surface area contributed by atoms with Gasteiger partial charge in [-0.15, -0.1) is 0 Å². The van der Waals surface area contributed by atoms with Crippen LogP contribution in [-0.2, 0) is 19.1 Å². The smallest absolute Gasteiger partial charge is 0.343 e. The lowest BCUT2D eigenvalue weighted by atomic mass is 10.0. The molecule has 14 heteroatoms. The Morgan fingerprint density at radius 1 is 0.583 bits per heavy atom. The number of benzene rings is 5. The molecule has 0 N–H and O–H groups in total. The SMILES string of the molecule is C=CC(=O)OCCCCCCOc1ccc(C(=O)Oc2ccc(-c3ccc(OC(=O)c4ccc(OCCCCCCOC(=O)C=C)cc4)c(/C=N/N(CCCCCC)c4nc5ccccc5s4)c3)cc2)cc1. The van der Waals surface area contributed by atoms with Crippen molar-refractivity contribution in [3.05, 3.63) is 157 Å². The summed E-state index contributed by atoms with van der Waals surface area (Å²) in [6, 6.07) is 34.5. The predicted octanol–water partition coefficient (Wildman–Crippen LogP) is 13.2. The Labute approximate surface area is 426 Å². The van der Waals surface area contributed by atoms with Crippen LogP contribution < -0.4 is 24.0 Å². The number of fused-ring (bicyclic) bond motifs is 1. The Morgan fingerprint density at radius 3 is 1.68 bits per heavy atom. The number of para-hydroxylation sites is 1. The lowest BCUT2D eigenvalue weighted by Gasteiger charge is -2.16. The number of carbonyl (C=O) groups is 4. The van der Waals surface area contributed by atoms with Crippen LogP contribution in [0.4, 0.5) is 5.13 Å². The van der Waals surface area contributed by atoms with E-state index in [0.717, 1.165) is 116 Å². The van der Waals surface area contributed by atoms with Gasteiger partial charge in [0.1, 0.15) is 23.0 Å². The Balaban J connectivity index is 1.11. The quantitative estimate of drug-likeness (QED) is 0.0102. The van der Waals surface area contributed by atoms with E-state index >= 15 is 0 Å². The van der Waals surface area contributed by atoms with E-state index in [9.17, 15) is 19.2 Å². The maximum atomic E-state index is 13.7. The summed E-state index contributed by atoms with van der Waals surface area (Å²) in [5.41, 5.74) is 3.88. The van der Waals surface area contributed by atoms with E-state index in [1.54, 1.807) is 84.3 Å². The third kappa shape index (κ3) is 17.7. The van der Waals surface area contributed by atoms with Crippen LogP contribution in [0.2, 0.25) is 0 Å². The molecule has 0 amide bonds. The average Bonchev–Trinajstić information content (AvgIpc) is 3.85. The van der Waals surface area contributed by atoms with Crippen molar-refractivity contribution in [3.8, 4) is 34.1 Å². The maximum absolute atomic E-state index is 13.7. The molecule has 6 rings (SSSR count). The van der Waals surface area contributed by atoms with Crippen LogP contribution in [0, 0.1) is 0 Å². The Kier molecular flexibility index (Phi) is 22.1. The molecule has 1 aromatic heterocycles. The normalized spacial score (nSPS) is 11.0. The number of nitrogens with zero attached hydrogens (tertiary/aromatic N) is 3. The first-order chi connectivity index (χ1) is 35.2. The summed E-state index contributed by atoms with van der Waals surface area (Å²) in [7, 11) is 0. The average molecular weight is 994 g/mol. The maximum Gasteiger partial charge on any atom is 0.343 e. The Morgan fingerprint density at radius 2 is 1.11 bits per heavy atom. The minimum atomic E-state index is -0.536. The van der Waals surface area contributed by atoms with Crippen LogP contribution in [-0.4, -0.2) is 68.0 Å². The molecule has 0 bridgehead atoms. The second-order valence-electron chi connectivity index (χ2n) is 16.8. The van der Waals surface area contributed by atoms with Crippen LogP contribution in [0.1, 0.15) is 110 Å². The Hall–Kier alpha value is -7.58. The number of aromatic nitrogens is 1. The molecule has 0 spiro atoms. The first-order valence-corrected chi connectivity index (χ1v) is 25.4. The summed E-state index contributed by atoms with van der Waals surface area (Å²) in [6.45, 7) is 11.4. The standard InChI is InChI=1S/C58H63N3O10S/c1-4-7-8-15-36-61(58-60-51-20-13-14-21-53(51)72-58)59-42-47-41-46(28-35-52(47)71-57(65)45-26-31-49(32-27-45)67-38-17-10-12-19-40-69-55(63)6-3)43-22-33-50(34-23-43)70-56(64)44-24-29-48(30-25-44)66-37-16-9-11-18-39-68-54(62)5-2/h5-6,13-14,20-35,41-42H,2-4,7-12,15-19,36-40H2,1H3/b59-42+. The molecule has 72 heavy (non-hydrogen) atoms. The third-order valence-corrected chi connectivity index (χ3v) is 12.3. The molecular weight excluding hydrogens is 931 g/mol. The highest BCUT2D eigenvalue weighted by molar-refractivity contribution is 7.22. The van der Waals surface area contributed by atoms with Crippen molar-refractivity contribution in [2.45, 2.75) is 84.0 Å². The lowest BCUT2D eigenvalue weighted by molar-refractivity contribution is -0.138. The molecular formula is C58H63N3O10S. The first kappa shape index (κ1) is 53.8. The zero-order chi connectivity index (χ0) is 50.8. The number of rotatable bonds is 31. The molecule has 0 aliphatic rings. The molecule has 0 fully saturated rings. The highest BCUT2D eigenvalue weighted by Crippen LogP contribution is 2.32. The predicted molar refractivity (Wildman–Crippen MR) is 284 cm³/mol. The van der Waals surface area contributed by atoms with Gasteiger partial charge in [-0.1, -0.05) is 81.0 Å². The zero-order valence-electron chi connectivity index (χ0n) is 41.0. The molecule has 13 nitrogen and oxygen atoms in total. The number of anilines is 1. The third-order valence-electron chi connectivity index (χ3n) is 11.3. The van der Waals surface area contributed by atoms with Gasteiger partial charge in [-0.25, -0.2) is 29.2 Å². The largest absolute Gasteiger partial charge is 0.494 e. The van der Waals surface area contributed by atoms with Crippen LogP contribution >= 0.6 is 11.3 Å². The summed E-state index contributed by atoms with van der Waals surface area (Å²) in [6.07, 6.45) is 15.2. The van der Waals surface area contributed by atoms with Gasteiger partial charge >= 0.3 is 23.9 Å². The van der Waals surface area contributed by atoms with Crippen molar-refractivity contribution >= 4 is 56.8 Å². The van der Waals surface area contributed by atoms with E-state index in [2.05, 4.69) is 20.1 Å². The van der Waals surface area contributed by atoms with E-state index in [4.69, 9.17) is 38.5 Å². The highest BCUT2D eigenvalue weighted by Gasteiger charge is 2.16. The molecule has 0 saturated carbocycles. The van der Waals surface area contributed by atoms with Crippen LogP contribution in [0.25, 0.3) is 21.3 Å². The van der Waals surface area contributed by atoms with Crippen molar-refractivity contribution < 1.29 is 47.6 Å². The van der Waals surface area contributed by atoms with Gasteiger partial charge in [-0.3, -0.25) is 0 Å². The minimum Gasteiger partial charge on any atom is -0.494 e.